The molecule has 10 nitrogen and oxygen atoms in total. The molecule has 0 bridgehead atoms. The number of benzene rings is 1. The molecule has 0 atom stereocenters. The van der Waals surface area contributed by atoms with Crippen LogP contribution >= 0.6 is 11.3 Å². The second-order valence-electron chi connectivity index (χ2n) is 5.81. The van der Waals surface area contributed by atoms with Crippen LogP contribution in [0.1, 0.15) is 0 Å². The third kappa shape index (κ3) is 5.65. The van der Waals surface area contributed by atoms with Gasteiger partial charge in [0.05, 0.1) is 13.3 Å². The molecule has 0 saturated carbocycles. The standard InChI is InChI=1S/C19H20N6O4S/c1-28-13-4-2-12(3-5-13)15-10-14(29-19(27)23-7-6-20)17(30-15)25-18(26)24-16-11-21-8-9-22-16/h2-5,8-11H,6-7,20H2,1H3,(H,23,27)(H2,22,24,25,26). The number of urea groups is 1. The number of anilines is 2. The fourth-order valence-electron chi connectivity index (χ4n) is 2.36. The van der Waals surface area contributed by atoms with Crippen molar-refractivity contribution in [2.45, 2.75) is 0 Å². The Hall–Kier alpha value is -3.70. The summed E-state index contributed by atoms with van der Waals surface area (Å²) in [7, 11) is 1.59. The Morgan fingerprint density at radius 1 is 1.17 bits per heavy atom. The minimum absolute atomic E-state index is 0.203. The second-order valence-corrected chi connectivity index (χ2v) is 6.86. The lowest BCUT2D eigenvalue weighted by molar-refractivity contribution is 0.201. The molecule has 0 radical (unpaired) electrons. The quantitative estimate of drug-likeness (QED) is 0.453. The molecule has 3 aromatic rings. The van der Waals surface area contributed by atoms with Gasteiger partial charge in [-0.2, -0.15) is 0 Å². The van der Waals surface area contributed by atoms with Crippen molar-refractivity contribution in [3.63, 3.8) is 0 Å². The van der Waals surface area contributed by atoms with Gasteiger partial charge in [0.15, 0.2) is 11.6 Å². The Morgan fingerprint density at radius 3 is 2.63 bits per heavy atom. The van der Waals surface area contributed by atoms with Gasteiger partial charge in [-0.3, -0.25) is 15.6 Å². The van der Waals surface area contributed by atoms with Gasteiger partial charge in [-0.05, 0) is 29.8 Å². The molecule has 2 heterocycles. The van der Waals surface area contributed by atoms with Crippen LogP contribution in [0.15, 0.2) is 48.9 Å². The van der Waals surface area contributed by atoms with E-state index in [4.69, 9.17) is 15.2 Å². The van der Waals surface area contributed by atoms with E-state index in [0.717, 1.165) is 16.2 Å². The first kappa shape index (κ1) is 21.0. The number of nitrogens with one attached hydrogen (secondary N) is 3. The van der Waals surface area contributed by atoms with Crippen molar-refractivity contribution in [1.82, 2.24) is 15.3 Å². The van der Waals surface area contributed by atoms with Crippen molar-refractivity contribution in [3.8, 4) is 21.9 Å². The largest absolute Gasteiger partial charge is 0.497 e. The Morgan fingerprint density at radius 2 is 1.97 bits per heavy atom. The summed E-state index contributed by atoms with van der Waals surface area (Å²) >= 11 is 1.25. The number of methoxy groups -OCH3 is 1. The third-order valence-corrected chi connectivity index (χ3v) is 4.80. The number of nitrogens with zero attached hydrogens (tertiary/aromatic N) is 2. The molecule has 5 N–H and O–H groups in total. The van der Waals surface area contributed by atoms with Gasteiger partial charge in [0.25, 0.3) is 0 Å². The van der Waals surface area contributed by atoms with E-state index < -0.39 is 12.1 Å². The van der Waals surface area contributed by atoms with E-state index in [9.17, 15) is 9.59 Å². The summed E-state index contributed by atoms with van der Waals surface area (Å²) < 4.78 is 10.5. The van der Waals surface area contributed by atoms with Crippen molar-refractivity contribution < 1.29 is 19.1 Å². The van der Waals surface area contributed by atoms with Crippen molar-refractivity contribution in [3.05, 3.63) is 48.9 Å². The first-order valence-corrected chi connectivity index (χ1v) is 9.68. The summed E-state index contributed by atoms with van der Waals surface area (Å²) in [4.78, 5) is 33.0. The number of nitrogens with two attached hydrogens (primary N) is 1. The van der Waals surface area contributed by atoms with Gasteiger partial charge in [0, 0.05) is 36.4 Å². The van der Waals surface area contributed by atoms with Gasteiger partial charge >= 0.3 is 12.1 Å². The van der Waals surface area contributed by atoms with Gasteiger partial charge in [0.1, 0.15) is 10.8 Å². The normalized spacial score (nSPS) is 10.2. The van der Waals surface area contributed by atoms with Crippen molar-refractivity contribution in [1.29, 1.82) is 0 Å². The van der Waals surface area contributed by atoms with Crippen LogP contribution in [-0.2, 0) is 0 Å². The maximum Gasteiger partial charge on any atom is 0.412 e. The van der Waals surface area contributed by atoms with Crippen LogP contribution in [0.5, 0.6) is 11.5 Å². The maximum absolute atomic E-state index is 12.3. The van der Waals surface area contributed by atoms with Crippen LogP contribution in [0.2, 0.25) is 0 Å². The van der Waals surface area contributed by atoms with Crippen LogP contribution < -0.4 is 31.2 Å². The molecule has 0 unspecified atom stereocenters. The van der Waals surface area contributed by atoms with Crippen molar-refractivity contribution in [2.24, 2.45) is 5.73 Å². The number of aromatic nitrogens is 2. The lowest BCUT2D eigenvalue weighted by Gasteiger charge is -2.08. The topological polar surface area (TPSA) is 140 Å². The molecule has 3 amide bonds. The lowest BCUT2D eigenvalue weighted by Crippen LogP contribution is -2.31. The van der Waals surface area contributed by atoms with Crippen LogP contribution in [0.4, 0.5) is 20.4 Å². The number of thiophene rings is 1. The van der Waals surface area contributed by atoms with Crippen LogP contribution in [0.3, 0.4) is 0 Å². The van der Waals surface area contributed by atoms with E-state index in [1.54, 1.807) is 13.2 Å². The molecule has 0 saturated heterocycles. The number of rotatable bonds is 7. The smallest absolute Gasteiger partial charge is 0.412 e. The highest BCUT2D eigenvalue weighted by molar-refractivity contribution is 7.20. The zero-order valence-corrected chi connectivity index (χ0v) is 16.9. The minimum atomic E-state index is -0.670. The van der Waals surface area contributed by atoms with E-state index in [0.29, 0.717) is 5.00 Å². The highest BCUT2D eigenvalue weighted by Crippen LogP contribution is 2.41. The van der Waals surface area contributed by atoms with Gasteiger partial charge in [-0.1, -0.05) is 0 Å². The van der Waals surface area contributed by atoms with E-state index in [1.807, 2.05) is 24.3 Å². The molecule has 0 aliphatic heterocycles. The number of hydrogen-bond acceptors (Lipinski definition) is 8. The van der Waals surface area contributed by atoms with Crippen LogP contribution in [0.25, 0.3) is 10.4 Å². The van der Waals surface area contributed by atoms with Gasteiger partial charge in [0.2, 0.25) is 0 Å². The zero-order chi connectivity index (χ0) is 21.3. The zero-order valence-electron chi connectivity index (χ0n) is 16.0. The molecule has 30 heavy (non-hydrogen) atoms. The van der Waals surface area contributed by atoms with E-state index in [1.165, 1.54) is 29.9 Å². The molecule has 3 rings (SSSR count). The molecule has 1 aromatic carbocycles. The summed E-state index contributed by atoms with van der Waals surface area (Å²) in [5.41, 5.74) is 6.26. The average Bonchev–Trinajstić information content (AvgIpc) is 3.14. The number of carbonyl (C=O) groups excluding carboxylic acids is 2. The third-order valence-electron chi connectivity index (χ3n) is 3.72. The van der Waals surface area contributed by atoms with Crippen LogP contribution in [-0.4, -0.2) is 42.3 Å². The monoisotopic (exact) mass is 428 g/mol. The number of amides is 3. The molecule has 0 aliphatic rings. The SMILES string of the molecule is COc1ccc(-c2cc(OC(=O)NCCN)c(NC(=O)Nc3cnccn3)s2)cc1. The second kappa shape index (κ2) is 10.2. The summed E-state index contributed by atoms with van der Waals surface area (Å²) in [5.74, 6) is 1.20. The molecule has 0 aliphatic carbocycles. The minimum Gasteiger partial charge on any atom is -0.497 e. The molecule has 0 fully saturated rings. The Labute approximate surface area is 176 Å². The summed E-state index contributed by atoms with van der Waals surface area (Å²) in [5, 5.41) is 8.12. The predicted molar refractivity (Wildman–Crippen MR) is 114 cm³/mol. The fourth-order valence-corrected chi connectivity index (χ4v) is 3.34. The maximum atomic E-state index is 12.3. The Balaban J connectivity index is 1.81. The Bertz CT molecular complexity index is 994. The summed E-state index contributed by atoms with van der Waals surface area (Å²) in [6.45, 7) is 0.547. The lowest BCUT2D eigenvalue weighted by atomic mass is 10.2. The Kier molecular flexibility index (Phi) is 7.14. The fraction of sp³-hybridized carbons (Fsp3) is 0.158. The molecule has 156 valence electrons. The number of carbonyl (C=O) groups is 2. The summed E-state index contributed by atoms with van der Waals surface area (Å²) in [6.07, 6.45) is 3.69. The highest BCUT2D eigenvalue weighted by atomic mass is 32.1. The molecular formula is C19H20N6O4S. The molecule has 11 heteroatoms. The number of ether oxygens (including phenoxy) is 2. The molecule has 2 aromatic heterocycles. The van der Waals surface area contributed by atoms with Gasteiger partial charge < -0.3 is 20.5 Å². The van der Waals surface area contributed by atoms with Crippen molar-refractivity contribution >= 4 is 34.3 Å². The van der Waals surface area contributed by atoms with Gasteiger partial charge in [-0.25, -0.2) is 14.6 Å². The molecule has 0 spiro atoms. The summed E-state index contributed by atoms with van der Waals surface area (Å²) in [6, 6.07) is 8.49. The van der Waals surface area contributed by atoms with E-state index in [2.05, 4.69) is 25.9 Å². The van der Waals surface area contributed by atoms with E-state index in [-0.39, 0.29) is 24.7 Å². The molecular weight excluding hydrogens is 408 g/mol. The predicted octanol–water partition coefficient (Wildman–Crippen LogP) is 2.90. The van der Waals surface area contributed by atoms with Crippen LogP contribution in [0, 0.1) is 0 Å². The first-order valence-electron chi connectivity index (χ1n) is 8.87. The number of hydrogen-bond donors (Lipinski definition) is 4. The van der Waals surface area contributed by atoms with Crippen molar-refractivity contribution in [2.75, 3.05) is 30.8 Å². The first-order chi connectivity index (χ1) is 14.6. The van der Waals surface area contributed by atoms with E-state index >= 15 is 0 Å². The van der Waals surface area contributed by atoms with Gasteiger partial charge in [-0.15, -0.1) is 11.3 Å². The average molecular weight is 428 g/mol. The highest BCUT2D eigenvalue weighted by Gasteiger charge is 2.17.